The van der Waals surface area contributed by atoms with Crippen LogP contribution in [-0.4, -0.2) is 109 Å². The smallest absolute Gasteiger partial charge is 0.335 e. The van der Waals surface area contributed by atoms with Crippen molar-refractivity contribution in [2.75, 3.05) is 39.6 Å². The molecule has 15 nitrogen and oxygen atoms in total. The van der Waals surface area contributed by atoms with Crippen molar-refractivity contribution in [1.82, 2.24) is 5.32 Å². The van der Waals surface area contributed by atoms with E-state index in [1.54, 1.807) is 0 Å². The normalized spacial score (nSPS) is 23.3. The van der Waals surface area contributed by atoms with Crippen LogP contribution < -0.4 is 16.0 Å². The van der Waals surface area contributed by atoms with Crippen LogP contribution in [0.15, 0.2) is 18.2 Å². The second-order valence-corrected chi connectivity index (χ2v) is 7.82. The molecule has 5 atom stereocenters. The first-order valence-electron chi connectivity index (χ1n) is 11.3. The van der Waals surface area contributed by atoms with Crippen molar-refractivity contribution in [2.45, 2.75) is 44.2 Å². The molecule has 0 saturated carbocycles. The predicted octanol–water partition coefficient (Wildman–Crippen LogP) is -2.33. The van der Waals surface area contributed by atoms with Crippen LogP contribution in [0.4, 0.5) is 0 Å². The van der Waals surface area contributed by atoms with Crippen LogP contribution in [-0.2, 0) is 40.0 Å². The number of aliphatic hydroxyl groups excluding tert-OH is 3. The molecule has 1 aliphatic heterocycles. The lowest BCUT2D eigenvalue weighted by atomic mass is 9.99. The van der Waals surface area contributed by atoms with Gasteiger partial charge in [0, 0.05) is 13.5 Å². The highest BCUT2D eigenvalue weighted by Gasteiger charge is 2.48. The maximum Gasteiger partial charge on any atom is 0.335 e. The Hall–Kier alpha value is -2.89. The number of rotatable bonds is 15. The zero-order valence-electron chi connectivity index (χ0n) is 20.1. The molecule has 1 amide bonds. The molecule has 15 heteroatoms. The molecule has 1 aliphatic rings. The van der Waals surface area contributed by atoms with E-state index in [4.69, 9.17) is 29.6 Å². The Morgan fingerprint density at radius 2 is 1.68 bits per heavy atom. The van der Waals surface area contributed by atoms with Crippen molar-refractivity contribution < 1.29 is 63.3 Å². The van der Waals surface area contributed by atoms with Gasteiger partial charge in [0.1, 0.15) is 30.7 Å². The maximum atomic E-state index is 12.9. The maximum absolute atomic E-state index is 12.9. The predicted molar refractivity (Wildman–Crippen MR) is 121 cm³/mol. The minimum atomic E-state index is -1.90. The summed E-state index contributed by atoms with van der Waals surface area (Å²) < 4.78 is 26.2. The lowest BCUT2D eigenvalue weighted by molar-refractivity contribution is -0.271. The number of nitrogens with two attached hydrogens (primary N) is 1. The van der Waals surface area contributed by atoms with E-state index in [0.717, 1.165) is 0 Å². The van der Waals surface area contributed by atoms with E-state index in [-0.39, 0.29) is 44.3 Å². The first-order valence-corrected chi connectivity index (χ1v) is 11.3. The topological polar surface area (TPSA) is 226 Å². The van der Waals surface area contributed by atoms with Gasteiger partial charge in [-0.1, -0.05) is 6.07 Å². The Bertz CT molecular complexity index is 899. The molecular formula is C22H32N2O13. The second kappa shape index (κ2) is 15.4. The highest BCUT2D eigenvalue weighted by molar-refractivity contribution is 5.97. The van der Waals surface area contributed by atoms with Crippen LogP contribution in [0.2, 0.25) is 0 Å². The first kappa shape index (κ1) is 30.3. The summed E-state index contributed by atoms with van der Waals surface area (Å²) in [5.74, 6) is 2.01. The van der Waals surface area contributed by atoms with Gasteiger partial charge in [-0.05, 0) is 17.7 Å². The number of carboxylic acids is 1. The molecule has 37 heavy (non-hydrogen) atoms. The van der Waals surface area contributed by atoms with Crippen molar-refractivity contribution in [1.29, 1.82) is 0 Å². The van der Waals surface area contributed by atoms with Crippen LogP contribution in [0, 0.1) is 0 Å². The fourth-order valence-corrected chi connectivity index (χ4v) is 3.17. The number of nitrogens with one attached hydrogen (secondary N) is 1. The average molecular weight is 532 g/mol. The molecule has 0 unspecified atom stereocenters. The van der Waals surface area contributed by atoms with Crippen LogP contribution in [0.1, 0.15) is 22.8 Å². The molecule has 0 spiro atoms. The van der Waals surface area contributed by atoms with E-state index in [9.17, 15) is 34.8 Å². The van der Waals surface area contributed by atoms with Crippen LogP contribution in [0.5, 0.6) is 5.75 Å². The highest BCUT2D eigenvalue weighted by Crippen LogP contribution is 2.28. The molecule has 1 heterocycles. The molecule has 1 aromatic carbocycles. The Morgan fingerprint density at radius 3 is 2.32 bits per heavy atom. The Labute approximate surface area is 211 Å². The molecule has 0 aromatic heterocycles. The number of hydrogen-bond donors (Lipinski definition) is 6. The van der Waals surface area contributed by atoms with Crippen LogP contribution in [0.25, 0.3) is 0 Å². The van der Waals surface area contributed by atoms with Crippen molar-refractivity contribution >= 4 is 17.8 Å². The van der Waals surface area contributed by atoms with E-state index in [2.05, 4.69) is 10.2 Å². The molecular weight excluding hydrogens is 500 g/mol. The van der Waals surface area contributed by atoms with Gasteiger partial charge >= 0.3 is 11.9 Å². The number of aliphatic carboxylic acids is 1. The Kier molecular flexibility index (Phi) is 12.6. The molecule has 1 aromatic rings. The standard InChI is InChI=1S/C22H32N2O13/c1-12(25)34-11-13-2-3-15(36-22-18(28)16(26)17(27)19(37-22)21(30)31)14(10-13)20(29)24-4-5-32-6-7-33-8-9-35-23/h2-3,10,16-19,22,26-28H,4-9,11,23H2,1H3,(H,24,29)(H,30,31)/t16-,17-,18+,19-,22+/m0/s1. The summed E-state index contributed by atoms with van der Waals surface area (Å²) in [7, 11) is 0. The van der Waals surface area contributed by atoms with Crippen molar-refractivity contribution in [3.63, 3.8) is 0 Å². The molecule has 208 valence electrons. The quantitative estimate of drug-likeness (QED) is 0.0792. The number of aliphatic hydroxyl groups is 3. The van der Waals surface area contributed by atoms with Crippen molar-refractivity contribution in [3.05, 3.63) is 29.3 Å². The third kappa shape index (κ3) is 9.49. The second-order valence-electron chi connectivity index (χ2n) is 7.82. The largest absolute Gasteiger partial charge is 0.479 e. The summed E-state index contributed by atoms with van der Waals surface area (Å²) in [6.45, 7) is 2.47. The van der Waals surface area contributed by atoms with Crippen LogP contribution in [0.3, 0.4) is 0 Å². The number of esters is 1. The summed E-state index contributed by atoms with van der Waals surface area (Å²) in [5.41, 5.74) is 0.379. The van der Waals surface area contributed by atoms with E-state index in [1.165, 1.54) is 25.1 Å². The number of benzene rings is 1. The molecule has 2 rings (SSSR count). The number of carbonyl (C=O) groups is 3. The number of amides is 1. The zero-order chi connectivity index (χ0) is 27.4. The monoisotopic (exact) mass is 532 g/mol. The zero-order valence-corrected chi connectivity index (χ0v) is 20.1. The van der Waals surface area contributed by atoms with Crippen molar-refractivity contribution in [3.8, 4) is 5.75 Å². The van der Waals surface area contributed by atoms with Gasteiger partial charge in [0.15, 0.2) is 6.10 Å². The molecule has 1 fully saturated rings. The van der Waals surface area contributed by atoms with E-state index >= 15 is 0 Å². The fraction of sp³-hybridized carbons (Fsp3) is 0.591. The van der Waals surface area contributed by atoms with Gasteiger partial charge < -0.3 is 54.3 Å². The Morgan fingerprint density at radius 1 is 1.00 bits per heavy atom. The lowest BCUT2D eigenvalue weighted by Gasteiger charge is -2.38. The summed E-state index contributed by atoms with van der Waals surface area (Å²) in [6.07, 6.45) is -9.22. The van der Waals surface area contributed by atoms with Gasteiger partial charge in [0.2, 0.25) is 6.29 Å². The summed E-state index contributed by atoms with van der Waals surface area (Å²) in [6, 6.07) is 4.18. The van der Waals surface area contributed by atoms with Gasteiger partial charge in [-0.25, -0.2) is 10.7 Å². The third-order valence-corrected chi connectivity index (χ3v) is 5.04. The van der Waals surface area contributed by atoms with Crippen molar-refractivity contribution in [2.24, 2.45) is 5.90 Å². The molecule has 7 N–H and O–H groups in total. The number of hydrogen-bond acceptors (Lipinski definition) is 13. The molecule has 1 saturated heterocycles. The van der Waals surface area contributed by atoms with Gasteiger partial charge in [0.25, 0.3) is 5.91 Å². The van der Waals surface area contributed by atoms with Gasteiger partial charge in [0.05, 0.1) is 38.6 Å². The summed E-state index contributed by atoms with van der Waals surface area (Å²) >= 11 is 0. The van der Waals surface area contributed by atoms with Crippen LogP contribution >= 0.6 is 0 Å². The van der Waals surface area contributed by atoms with Gasteiger partial charge in [-0.2, -0.15) is 0 Å². The highest BCUT2D eigenvalue weighted by atomic mass is 16.7. The van der Waals surface area contributed by atoms with Gasteiger partial charge in [-0.3, -0.25) is 9.59 Å². The minimum absolute atomic E-state index is 0.0574. The summed E-state index contributed by atoms with van der Waals surface area (Å²) in [5, 5.41) is 42.0. The average Bonchev–Trinajstić information content (AvgIpc) is 2.86. The third-order valence-electron chi connectivity index (χ3n) is 5.04. The number of carboxylic acid groups (broad SMARTS) is 1. The molecule has 0 aliphatic carbocycles. The SMILES string of the molecule is CC(=O)OCc1ccc(O[C@@H]2O[C@H](C(=O)O)[C@@H](O)[C@H](O)[C@H]2O)c(C(=O)NCCOCCOCCON)c1. The number of carbonyl (C=O) groups excluding carboxylic acids is 2. The van der Waals surface area contributed by atoms with Gasteiger partial charge in [-0.15, -0.1) is 0 Å². The molecule has 0 bridgehead atoms. The van der Waals surface area contributed by atoms with E-state index in [1.807, 2.05) is 0 Å². The fourth-order valence-electron chi connectivity index (χ4n) is 3.17. The minimum Gasteiger partial charge on any atom is -0.479 e. The van der Waals surface area contributed by atoms with E-state index in [0.29, 0.717) is 18.8 Å². The first-order chi connectivity index (χ1) is 17.6. The van der Waals surface area contributed by atoms with E-state index < -0.39 is 48.6 Å². The number of ether oxygens (including phenoxy) is 5. The lowest BCUT2D eigenvalue weighted by Crippen LogP contribution is -2.61. The Balaban J connectivity index is 2.07. The molecule has 0 radical (unpaired) electrons. The summed E-state index contributed by atoms with van der Waals surface area (Å²) in [4.78, 5) is 39.7.